The molecule has 20 heavy (non-hydrogen) atoms. The Morgan fingerprint density at radius 1 is 1.25 bits per heavy atom. The van der Waals surface area contributed by atoms with Crippen LogP contribution in [-0.2, 0) is 13.1 Å². The molecule has 0 amide bonds. The first kappa shape index (κ1) is 14.5. The molecule has 0 spiro atoms. The van der Waals surface area contributed by atoms with E-state index in [1.807, 2.05) is 30.9 Å². The number of nitrogens with one attached hydrogen (secondary N) is 1. The highest BCUT2D eigenvalue weighted by Gasteiger charge is 2.10. The molecule has 2 aromatic rings. The van der Waals surface area contributed by atoms with Crippen LogP contribution in [0, 0.1) is 0 Å². The lowest BCUT2D eigenvalue weighted by molar-refractivity contribution is 0.397. The van der Waals surface area contributed by atoms with Gasteiger partial charge in [-0.15, -0.1) is 0 Å². The Bertz CT molecular complexity index is 540. The van der Waals surface area contributed by atoms with Gasteiger partial charge in [0.25, 0.3) is 0 Å². The van der Waals surface area contributed by atoms with Crippen molar-refractivity contribution in [2.45, 2.75) is 39.4 Å². The molecule has 2 heterocycles. The number of aromatic nitrogens is 3. The third kappa shape index (κ3) is 4.06. The minimum absolute atomic E-state index is 0.0940. The first-order valence-electron chi connectivity index (χ1n) is 6.71. The average Bonchev–Trinajstić information content (AvgIpc) is 2.84. The molecule has 0 aliphatic rings. The summed E-state index contributed by atoms with van der Waals surface area (Å²) in [5.74, 6) is 0.633. The topological polar surface area (TPSA) is 52.0 Å². The maximum atomic E-state index is 5.06. The molecule has 0 fully saturated rings. The summed E-state index contributed by atoms with van der Waals surface area (Å²) in [4.78, 5) is 8.45. The standard InChI is InChI=1S/C15H22N4O/c1-15(2,3)18-9-13-8-16-11-19(13)10-12-5-6-14(20-4)17-7-12/h5-8,11,18H,9-10H2,1-4H3. The number of imidazole rings is 1. The van der Waals surface area contributed by atoms with Gasteiger partial charge in [0.15, 0.2) is 0 Å². The normalized spacial score (nSPS) is 11.6. The van der Waals surface area contributed by atoms with Crippen LogP contribution in [0.4, 0.5) is 0 Å². The lowest BCUT2D eigenvalue weighted by Gasteiger charge is -2.21. The fourth-order valence-electron chi connectivity index (χ4n) is 1.82. The van der Waals surface area contributed by atoms with E-state index in [9.17, 15) is 0 Å². The number of hydrogen-bond acceptors (Lipinski definition) is 4. The highest BCUT2D eigenvalue weighted by atomic mass is 16.5. The maximum absolute atomic E-state index is 5.06. The Morgan fingerprint density at radius 2 is 2.05 bits per heavy atom. The van der Waals surface area contributed by atoms with Crippen LogP contribution in [0.5, 0.6) is 5.88 Å². The summed E-state index contributed by atoms with van der Waals surface area (Å²) in [6.07, 6.45) is 5.58. The SMILES string of the molecule is COc1ccc(Cn2cncc2CNC(C)(C)C)cn1. The van der Waals surface area contributed by atoms with E-state index in [2.05, 4.69) is 40.6 Å². The van der Waals surface area contributed by atoms with Crippen LogP contribution in [-0.4, -0.2) is 27.2 Å². The zero-order valence-electron chi connectivity index (χ0n) is 12.6. The van der Waals surface area contributed by atoms with Gasteiger partial charge in [-0.3, -0.25) is 0 Å². The number of nitrogens with zero attached hydrogens (tertiary/aromatic N) is 3. The molecule has 5 heteroatoms. The largest absolute Gasteiger partial charge is 0.481 e. The van der Waals surface area contributed by atoms with Crippen molar-refractivity contribution in [3.8, 4) is 5.88 Å². The van der Waals surface area contributed by atoms with Crippen LogP contribution < -0.4 is 10.1 Å². The van der Waals surface area contributed by atoms with Gasteiger partial charge >= 0.3 is 0 Å². The molecule has 0 unspecified atom stereocenters. The van der Waals surface area contributed by atoms with Gasteiger partial charge in [0.1, 0.15) is 0 Å². The van der Waals surface area contributed by atoms with E-state index in [1.54, 1.807) is 7.11 Å². The van der Waals surface area contributed by atoms with Gasteiger partial charge in [-0.05, 0) is 26.3 Å². The quantitative estimate of drug-likeness (QED) is 0.908. The zero-order valence-corrected chi connectivity index (χ0v) is 12.6. The van der Waals surface area contributed by atoms with Gasteiger partial charge in [0.2, 0.25) is 5.88 Å². The van der Waals surface area contributed by atoms with Crippen molar-refractivity contribution in [3.05, 3.63) is 42.1 Å². The Hall–Kier alpha value is -1.88. The average molecular weight is 274 g/mol. The first-order valence-corrected chi connectivity index (χ1v) is 6.71. The predicted octanol–water partition coefficient (Wildman–Crippen LogP) is 2.22. The fraction of sp³-hybridized carbons (Fsp3) is 0.467. The number of pyridine rings is 1. The second-order valence-corrected chi connectivity index (χ2v) is 5.83. The van der Waals surface area contributed by atoms with Crippen molar-refractivity contribution in [1.29, 1.82) is 0 Å². The van der Waals surface area contributed by atoms with Crippen molar-refractivity contribution >= 4 is 0 Å². The highest BCUT2D eigenvalue weighted by molar-refractivity contribution is 5.18. The lowest BCUT2D eigenvalue weighted by Crippen LogP contribution is -2.35. The second-order valence-electron chi connectivity index (χ2n) is 5.83. The Morgan fingerprint density at radius 3 is 2.65 bits per heavy atom. The summed E-state index contributed by atoms with van der Waals surface area (Å²) in [5, 5.41) is 3.47. The zero-order chi connectivity index (χ0) is 14.6. The molecule has 0 radical (unpaired) electrons. The van der Waals surface area contributed by atoms with Gasteiger partial charge in [-0.1, -0.05) is 6.07 Å². The van der Waals surface area contributed by atoms with Crippen LogP contribution in [0.25, 0.3) is 0 Å². The van der Waals surface area contributed by atoms with Crippen LogP contribution >= 0.6 is 0 Å². The molecule has 108 valence electrons. The van der Waals surface area contributed by atoms with Gasteiger partial charge in [-0.2, -0.15) is 0 Å². The van der Waals surface area contributed by atoms with E-state index in [-0.39, 0.29) is 5.54 Å². The molecule has 1 N–H and O–H groups in total. The third-order valence-electron chi connectivity index (χ3n) is 2.96. The molecule has 0 bridgehead atoms. The molecular weight excluding hydrogens is 252 g/mol. The maximum Gasteiger partial charge on any atom is 0.212 e. The van der Waals surface area contributed by atoms with Crippen molar-refractivity contribution in [2.24, 2.45) is 0 Å². The lowest BCUT2D eigenvalue weighted by atomic mass is 10.1. The number of methoxy groups -OCH3 is 1. The number of ether oxygens (including phenoxy) is 1. The first-order chi connectivity index (χ1) is 9.48. The Labute approximate surface area is 120 Å². The fourth-order valence-corrected chi connectivity index (χ4v) is 1.82. The molecule has 2 rings (SSSR count). The molecule has 0 aliphatic carbocycles. The van der Waals surface area contributed by atoms with Crippen LogP contribution in [0.15, 0.2) is 30.9 Å². The van der Waals surface area contributed by atoms with Gasteiger partial charge in [0.05, 0.1) is 25.7 Å². The van der Waals surface area contributed by atoms with Gasteiger partial charge in [-0.25, -0.2) is 9.97 Å². The predicted molar refractivity (Wildman–Crippen MR) is 78.7 cm³/mol. The summed E-state index contributed by atoms with van der Waals surface area (Å²) in [6.45, 7) is 8.02. The number of rotatable bonds is 5. The summed E-state index contributed by atoms with van der Waals surface area (Å²) in [5.41, 5.74) is 2.38. The van der Waals surface area contributed by atoms with E-state index in [0.29, 0.717) is 5.88 Å². The minimum Gasteiger partial charge on any atom is -0.481 e. The van der Waals surface area contributed by atoms with Crippen molar-refractivity contribution in [1.82, 2.24) is 19.9 Å². The van der Waals surface area contributed by atoms with Crippen LogP contribution in [0.1, 0.15) is 32.0 Å². The van der Waals surface area contributed by atoms with E-state index >= 15 is 0 Å². The molecule has 5 nitrogen and oxygen atoms in total. The van der Waals surface area contributed by atoms with E-state index in [0.717, 1.165) is 24.3 Å². The molecule has 0 aliphatic heterocycles. The van der Waals surface area contributed by atoms with E-state index in [1.165, 1.54) is 0 Å². The molecular formula is C15H22N4O. The summed E-state index contributed by atoms with van der Waals surface area (Å²) in [7, 11) is 1.62. The van der Waals surface area contributed by atoms with E-state index < -0.39 is 0 Å². The van der Waals surface area contributed by atoms with E-state index in [4.69, 9.17) is 4.74 Å². The Kier molecular flexibility index (Phi) is 4.39. The van der Waals surface area contributed by atoms with Crippen LogP contribution in [0.3, 0.4) is 0 Å². The van der Waals surface area contributed by atoms with Gasteiger partial charge < -0.3 is 14.6 Å². The van der Waals surface area contributed by atoms with Crippen molar-refractivity contribution < 1.29 is 4.74 Å². The Balaban J connectivity index is 2.04. The minimum atomic E-state index is 0.0940. The number of hydrogen-bond donors (Lipinski definition) is 1. The highest BCUT2D eigenvalue weighted by Crippen LogP contribution is 2.10. The van der Waals surface area contributed by atoms with Crippen molar-refractivity contribution in [3.63, 3.8) is 0 Å². The summed E-state index contributed by atoms with van der Waals surface area (Å²) in [6, 6.07) is 3.89. The monoisotopic (exact) mass is 274 g/mol. The summed E-state index contributed by atoms with van der Waals surface area (Å²) >= 11 is 0. The molecule has 0 saturated heterocycles. The molecule has 2 aromatic heterocycles. The van der Waals surface area contributed by atoms with Crippen molar-refractivity contribution in [2.75, 3.05) is 7.11 Å². The molecule has 0 saturated carbocycles. The second kappa shape index (κ2) is 6.05. The van der Waals surface area contributed by atoms with Crippen LogP contribution in [0.2, 0.25) is 0 Å². The third-order valence-corrected chi connectivity index (χ3v) is 2.96. The molecule has 0 aromatic carbocycles. The molecule has 0 atom stereocenters. The smallest absolute Gasteiger partial charge is 0.212 e. The van der Waals surface area contributed by atoms with Gasteiger partial charge in [0, 0.05) is 30.5 Å². The summed E-state index contributed by atoms with van der Waals surface area (Å²) < 4.78 is 7.19.